The lowest BCUT2D eigenvalue weighted by Gasteiger charge is -2.23. The molecule has 0 amide bonds. The lowest BCUT2D eigenvalue weighted by atomic mass is 9.80. The smallest absolute Gasteiger partial charge is 0.166 e. The molecule has 8 rings (SSSR count). The number of alkyl halides is 12. The highest BCUT2D eigenvalue weighted by Crippen LogP contribution is 2.51. The Kier molecular flexibility index (Phi) is 8.41. The number of benzene rings is 8. The van der Waals surface area contributed by atoms with E-state index >= 15 is 0 Å². The summed E-state index contributed by atoms with van der Waals surface area (Å²) in [6.07, 6.45) is -20.4. The van der Waals surface area contributed by atoms with Crippen LogP contribution in [0.3, 0.4) is 0 Å². The van der Waals surface area contributed by atoms with E-state index in [0.29, 0.717) is 78.5 Å². The second-order valence-corrected chi connectivity index (χ2v) is 13.3. The summed E-state index contributed by atoms with van der Waals surface area (Å²) in [4.78, 5) is 0. The minimum Gasteiger partial charge on any atom is -0.166 e. The number of hydrogen-bond acceptors (Lipinski definition) is 0. The molecule has 56 heavy (non-hydrogen) atoms. The van der Waals surface area contributed by atoms with E-state index in [1.165, 1.54) is 0 Å². The standard InChI is InChI=1S/C44H22F12/c45-41(46,47)25-17-23(18-26(21-25)42(48,49)50)37-29-9-1-5-13-33(29)39(34-14-6-2-10-30(34)37)40-35-15-7-3-11-31(35)38(32-12-4-8-16-36(32)40)24-19-27(43(51,52)53)22-28(20-24)44(54,55)56/h1-22H. The predicted molar refractivity (Wildman–Crippen MR) is 193 cm³/mol. The van der Waals surface area contributed by atoms with E-state index in [2.05, 4.69) is 0 Å². The second kappa shape index (κ2) is 12.8. The van der Waals surface area contributed by atoms with Gasteiger partial charge in [-0.05, 0) is 113 Å². The molecule has 0 spiro atoms. The molecule has 0 fully saturated rings. The minimum atomic E-state index is -5.11. The van der Waals surface area contributed by atoms with E-state index in [1.807, 2.05) is 0 Å². The summed E-state index contributed by atoms with van der Waals surface area (Å²) in [5, 5.41) is 2.92. The van der Waals surface area contributed by atoms with Gasteiger partial charge in [-0.25, -0.2) is 0 Å². The van der Waals surface area contributed by atoms with E-state index in [1.54, 1.807) is 97.1 Å². The molecule has 8 aromatic carbocycles. The topological polar surface area (TPSA) is 0 Å². The van der Waals surface area contributed by atoms with Gasteiger partial charge in [-0.1, -0.05) is 97.1 Å². The number of rotatable bonds is 3. The minimum absolute atomic E-state index is 0.0597. The lowest BCUT2D eigenvalue weighted by Crippen LogP contribution is -2.11. The van der Waals surface area contributed by atoms with Crippen molar-refractivity contribution in [3.63, 3.8) is 0 Å². The maximum Gasteiger partial charge on any atom is 0.416 e. The summed E-state index contributed by atoms with van der Waals surface area (Å²) in [6.45, 7) is 0. The van der Waals surface area contributed by atoms with Gasteiger partial charge in [0, 0.05) is 0 Å². The summed E-state index contributed by atoms with van der Waals surface area (Å²) in [5.74, 6) is 0. The van der Waals surface area contributed by atoms with Crippen molar-refractivity contribution in [2.45, 2.75) is 24.7 Å². The van der Waals surface area contributed by atoms with Crippen LogP contribution >= 0.6 is 0 Å². The average molecular weight is 779 g/mol. The highest BCUT2D eigenvalue weighted by atomic mass is 19.4. The van der Waals surface area contributed by atoms with Crippen LogP contribution in [-0.4, -0.2) is 0 Å². The van der Waals surface area contributed by atoms with Gasteiger partial charge in [0.2, 0.25) is 0 Å². The molecular weight excluding hydrogens is 756 g/mol. The van der Waals surface area contributed by atoms with Crippen LogP contribution in [0, 0.1) is 0 Å². The Balaban J connectivity index is 1.53. The van der Waals surface area contributed by atoms with Crippen molar-refractivity contribution in [2.24, 2.45) is 0 Å². The van der Waals surface area contributed by atoms with Gasteiger partial charge in [-0.3, -0.25) is 0 Å². The first-order valence-electron chi connectivity index (χ1n) is 16.8. The Morgan fingerprint density at radius 3 is 0.589 bits per heavy atom. The number of hydrogen-bond donors (Lipinski definition) is 0. The molecule has 0 heterocycles. The molecule has 0 nitrogen and oxygen atoms in total. The molecule has 0 aliphatic heterocycles. The molecule has 8 aromatic rings. The monoisotopic (exact) mass is 778 g/mol. The average Bonchev–Trinajstić information content (AvgIpc) is 3.14. The zero-order valence-electron chi connectivity index (χ0n) is 28.2. The van der Waals surface area contributed by atoms with E-state index < -0.39 is 47.0 Å². The Bertz CT molecular complexity index is 2480. The molecule has 0 N–H and O–H groups in total. The van der Waals surface area contributed by atoms with Crippen LogP contribution in [0.2, 0.25) is 0 Å². The zero-order valence-corrected chi connectivity index (χ0v) is 28.2. The fourth-order valence-corrected chi connectivity index (χ4v) is 7.62. The Labute approximate surface area is 309 Å². The van der Waals surface area contributed by atoms with Crippen LogP contribution in [0.25, 0.3) is 76.5 Å². The van der Waals surface area contributed by atoms with Crippen LogP contribution in [0.1, 0.15) is 22.3 Å². The van der Waals surface area contributed by atoms with Gasteiger partial charge in [-0.15, -0.1) is 0 Å². The van der Waals surface area contributed by atoms with Crippen molar-refractivity contribution in [1.29, 1.82) is 0 Å². The Morgan fingerprint density at radius 2 is 0.411 bits per heavy atom. The molecule has 0 radical (unpaired) electrons. The molecule has 12 heteroatoms. The van der Waals surface area contributed by atoms with Crippen LogP contribution in [-0.2, 0) is 24.7 Å². The molecule has 0 bridgehead atoms. The molecule has 0 saturated carbocycles. The summed E-state index contributed by atoms with van der Waals surface area (Å²) in [6, 6.07) is 28.8. The predicted octanol–water partition coefficient (Wildman–Crippen LogP) is 15.4. The molecule has 0 unspecified atom stereocenters. The van der Waals surface area contributed by atoms with Crippen LogP contribution in [0.4, 0.5) is 52.7 Å². The molecule has 282 valence electrons. The zero-order chi connectivity index (χ0) is 39.9. The van der Waals surface area contributed by atoms with Crippen molar-refractivity contribution in [3.8, 4) is 33.4 Å². The van der Waals surface area contributed by atoms with E-state index in [-0.39, 0.29) is 34.4 Å². The Morgan fingerprint density at radius 1 is 0.232 bits per heavy atom. The maximum absolute atomic E-state index is 14.1. The van der Waals surface area contributed by atoms with Crippen molar-refractivity contribution >= 4 is 43.1 Å². The third kappa shape index (κ3) is 6.26. The first kappa shape index (κ1) is 36.9. The quantitative estimate of drug-likeness (QED) is 0.124. The summed E-state index contributed by atoms with van der Waals surface area (Å²) in [7, 11) is 0. The van der Waals surface area contributed by atoms with Crippen LogP contribution < -0.4 is 0 Å². The largest absolute Gasteiger partial charge is 0.416 e. The van der Waals surface area contributed by atoms with E-state index in [9.17, 15) is 52.7 Å². The highest BCUT2D eigenvalue weighted by molar-refractivity contribution is 6.30. The molecule has 0 aliphatic rings. The van der Waals surface area contributed by atoms with Gasteiger partial charge >= 0.3 is 24.7 Å². The fraction of sp³-hybridized carbons (Fsp3) is 0.0909. The van der Waals surface area contributed by atoms with Crippen LogP contribution in [0.15, 0.2) is 133 Å². The summed E-state index contributed by atoms with van der Waals surface area (Å²) < 4.78 is 169. The van der Waals surface area contributed by atoms with Crippen LogP contribution in [0.5, 0.6) is 0 Å². The number of fused-ring (bicyclic) bond motifs is 4. The third-order valence-electron chi connectivity index (χ3n) is 9.87. The SMILES string of the molecule is FC(F)(F)c1cc(-c2c3ccccc3c(-c3c4ccccc4c(-c4cc(C(F)(F)F)cc(C(F)(F)F)c4)c4ccccc34)c3ccccc23)cc(C(F)(F)F)c1. The van der Waals surface area contributed by atoms with Gasteiger partial charge in [0.25, 0.3) is 0 Å². The normalized spacial score (nSPS) is 13.0. The molecule has 0 saturated heterocycles. The van der Waals surface area contributed by atoms with E-state index in [0.717, 1.165) is 0 Å². The van der Waals surface area contributed by atoms with Gasteiger partial charge in [-0.2, -0.15) is 52.7 Å². The summed E-state index contributed by atoms with van der Waals surface area (Å²) in [5.41, 5.74) is -5.42. The molecule has 0 aliphatic carbocycles. The summed E-state index contributed by atoms with van der Waals surface area (Å²) >= 11 is 0. The molecule has 0 aromatic heterocycles. The number of halogens is 12. The first-order chi connectivity index (χ1) is 26.3. The van der Waals surface area contributed by atoms with Crippen molar-refractivity contribution in [2.75, 3.05) is 0 Å². The highest BCUT2D eigenvalue weighted by Gasteiger charge is 2.39. The van der Waals surface area contributed by atoms with Gasteiger partial charge in [0.15, 0.2) is 0 Å². The third-order valence-corrected chi connectivity index (χ3v) is 9.87. The van der Waals surface area contributed by atoms with Gasteiger partial charge < -0.3 is 0 Å². The van der Waals surface area contributed by atoms with E-state index in [4.69, 9.17) is 0 Å². The Hall–Kier alpha value is -6.04. The lowest BCUT2D eigenvalue weighted by molar-refractivity contribution is -0.144. The van der Waals surface area contributed by atoms with Gasteiger partial charge in [0.1, 0.15) is 0 Å². The van der Waals surface area contributed by atoms with Gasteiger partial charge in [0.05, 0.1) is 22.3 Å². The van der Waals surface area contributed by atoms with Crippen molar-refractivity contribution in [3.05, 3.63) is 156 Å². The maximum atomic E-state index is 14.1. The first-order valence-corrected chi connectivity index (χ1v) is 16.8. The van der Waals surface area contributed by atoms with Crippen molar-refractivity contribution < 1.29 is 52.7 Å². The van der Waals surface area contributed by atoms with Crippen molar-refractivity contribution in [1.82, 2.24) is 0 Å². The molecule has 0 atom stereocenters. The second-order valence-electron chi connectivity index (χ2n) is 13.3. The fourth-order valence-electron chi connectivity index (χ4n) is 7.62. The molecular formula is C44H22F12.